The molecule has 6 heteroatoms. The number of morpholine rings is 1. The van der Waals surface area contributed by atoms with Crippen LogP contribution in [-0.2, 0) is 11.3 Å². The predicted molar refractivity (Wildman–Crippen MR) is 97.2 cm³/mol. The minimum atomic E-state index is 0.106. The fourth-order valence-electron chi connectivity index (χ4n) is 3.08. The van der Waals surface area contributed by atoms with Gasteiger partial charge in [-0.3, -0.25) is 9.88 Å². The Labute approximate surface area is 151 Å². The number of hydrogen-bond acceptors (Lipinski definition) is 4. The number of nitrogens with zero attached hydrogens (tertiary/aromatic N) is 3. The lowest BCUT2D eigenvalue weighted by atomic mass is 10.1. The maximum Gasteiger partial charge on any atom is 0.126 e. The van der Waals surface area contributed by atoms with Gasteiger partial charge in [0.15, 0.2) is 0 Å². The van der Waals surface area contributed by atoms with Gasteiger partial charge in [-0.1, -0.05) is 23.7 Å². The summed E-state index contributed by atoms with van der Waals surface area (Å²) >= 11 is 5.99. The third kappa shape index (κ3) is 3.74. The zero-order valence-corrected chi connectivity index (χ0v) is 14.5. The zero-order valence-electron chi connectivity index (χ0n) is 13.7. The summed E-state index contributed by atoms with van der Waals surface area (Å²) in [6, 6.07) is 12.0. The predicted octanol–water partition coefficient (Wildman–Crippen LogP) is 3.70. The van der Waals surface area contributed by atoms with Gasteiger partial charge in [0.25, 0.3) is 0 Å². The van der Waals surface area contributed by atoms with Crippen molar-refractivity contribution in [3.05, 3.63) is 71.4 Å². The number of rotatable bonds is 4. The molecule has 0 aliphatic carbocycles. The van der Waals surface area contributed by atoms with Gasteiger partial charge >= 0.3 is 0 Å². The summed E-state index contributed by atoms with van der Waals surface area (Å²) in [6.45, 7) is 3.08. The molecule has 0 radical (unpaired) electrons. The quantitative estimate of drug-likeness (QED) is 0.776. The third-order valence-corrected chi connectivity index (χ3v) is 4.67. The first kappa shape index (κ1) is 16.3. The second kappa shape index (κ2) is 7.35. The van der Waals surface area contributed by atoms with Crippen LogP contribution in [0.15, 0.2) is 55.0 Å². The third-order valence-electron chi connectivity index (χ3n) is 4.42. The maximum absolute atomic E-state index is 5.99. The molecule has 1 saturated heterocycles. The van der Waals surface area contributed by atoms with Crippen molar-refractivity contribution in [2.24, 2.45) is 0 Å². The lowest BCUT2D eigenvalue weighted by molar-refractivity contribution is -0.0156. The molecule has 1 fully saturated rings. The molecule has 1 aliphatic heterocycles. The lowest BCUT2D eigenvalue weighted by Gasteiger charge is -2.34. The number of imidazole rings is 1. The van der Waals surface area contributed by atoms with Gasteiger partial charge in [0.2, 0.25) is 0 Å². The summed E-state index contributed by atoms with van der Waals surface area (Å²) in [4.78, 5) is 14.6. The van der Waals surface area contributed by atoms with Crippen molar-refractivity contribution < 1.29 is 4.74 Å². The number of ether oxygens (including phenoxy) is 1. The molecule has 3 heterocycles. The van der Waals surface area contributed by atoms with Gasteiger partial charge in [-0.15, -0.1) is 0 Å². The molecule has 4 rings (SSSR count). The van der Waals surface area contributed by atoms with E-state index in [1.807, 2.05) is 36.7 Å². The molecule has 128 valence electrons. The lowest BCUT2D eigenvalue weighted by Crippen LogP contribution is -2.39. The van der Waals surface area contributed by atoms with Crippen LogP contribution in [-0.4, -0.2) is 39.6 Å². The molecule has 0 amide bonds. The highest BCUT2D eigenvalue weighted by Gasteiger charge is 2.27. The summed E-state index contributed by atoms with van der Waals surface area (Å²) < 4.78 is 5.70. The Hall–Kier alpha value is -2.21. The second-order valence-electron chi connectivity index (χ2n) is 6.11. The van der Waals surface area contributed by atoms with E-state index >= 15 is 0 Å². The van der Waals surface area contributed by atoms with Crippen molar-refractivity contribution in [3.63, 3.8) is 0 Å². The molecular formula is C19H19ClN4O. The van der Waals surface area contributed by atoms with E-state index in [4.69, 9.17) is 16.3 Å². The molecule has 3 aromatic rings. The Morgan fingerprint density at radius 1 is 1.20 bits per heavy atom. The maximum atomic E-state index is 5.99. The van der Waals surface area contributed by atoms with E-state index in [0.717, 1.165) is 41.8 Å². The van der Waals surface area contributed by atoms with Crippen LogP contribution in [0.25, 0.3) is 11.3 Å². The van der Waals surface area contributed by atoms with Crippen molar-refractivity contribution >= 4 is 11.6 Å². The molecule has 0 spiro atoms. The van der Waals surface area contributed by atoms with Crippen LogP contribution in [0.2, 0.25) is 5.02 Å². The number of hydrogen-bond donors (Lipinski definition) is 1. The summed E-state index contributed by atoms with van der Waals surface area (Å²) in [5, 5.41) is 0.759. The molecular weight excluding hydrogens is 336 g/mol. The van der Waals surface area contributed by atoms with Gasteiger partial charge in [0.1, 0.15) is 5.82 Å². The van der Waals surface area contributed by atoms with E-state index in [1.165, 1.54) is 5.56 Å². The van der Waals surface area contributed by atoms with Crippen LogP contribution in [0.4, 0.5) is 0 Å². The molecule has 0 bridgehead atoms. The van der Waals surface area contributed by atoms with Crippen molar-refractivity contribution in [1.82, 2.24) is 19.9 Å². The molecule has 1 aliphatic rings. The molecule has 1 N–H and O–H groups in total. The highest BCUT2D eigenvalue weighted by Crippen LogP contribution is 2.26. The van der Waals surface area contributed by atoms with Crippen molar-refractivity contribution in [1.29, 1.82) is 0 Å². The minimum Gasteiger partial charge on any atom is -0.378 e. The standard InChI is InChI=1S/C19H19ClN4O/c20-16-5-3-14(4-6-16)12-24-8-9-25-13-18(24)19-22-11-17(23-19)15-2-1-7-21-10-15/h1-7,10-11,18H,8-9,12-13H2,(H,22,23). The number of benzene rings is 1. The summed E-state index contributed by atoms with van der Waals surface area (Å²) in [5.41, 5.74) is 3.23. The first-order valence-corrected chi connectivity index (χ1v) is 8.69. The van der Waals surface area contributed by atoms with E-state index in [1.54, 1.807) is 6.20 Å². The highest BCUT2D eigenvalue weighted by molar-refractivity contribution is 6.30. The second-order valence-corrected chi connectivity index (χ2v) is 6.55. The van der Waals surface area contributed by atoms with Crippen LogP contribution in [0.3, 0.4) is 0 Å². The van der Waals surface area contributed by atoms with E-state index in [9.17, 15) is 0 Å². The number of halogens is 1. The first-order valence-electron chi connectivity index (χ1n) is 8.31. The van der Waals surface area contributed by atoms with Gasteiger partial charge in [0, 0.05) is 36.1 Å². The number of pyridine rings is 1. The number of aromatic amines is 1. The number of H-pyrrole nitrogens is 1. The Balaban J connectivity index is 1.55. The summed E-state index contributed by atoms with van der Waals surface area (Å²) in [6.07, 6.45) is 5.46. The van der Waals surface area contributed by atoms with Crippen LogP contribution < -0.4 is 0 Å². The van der Waals surface area contributed by atoms with E-state index in [0.29, 0.717) is 6.61 Å². The Kier molecular flexibility index (Phi) is 4.78. The fraction of sp³-hybridized carbons (Fsp3) is 0.263. The van der Waals surface area contributed by atoms with Gasteiger partial charge in [-0.25, -0.2) is 4.98 Å². The molecule has 1 aromatic carbocycles. The van der Waals surface area contributed by atoms with Crippen molar-refractivity contribution in [2.75, 3.05) is 19.8 Å². The largest absolute Gasteiger partial charge is 0.378 e. The monoisotopic (exact) mass is 354 g/mol. The highest BCUT2D eigenvalue weighted by atomic mass is 35.5. The van der Waals surface area contributed by atoms with E-state index < -0.39 is 0 Å². The van der Waals surface area contributed by atoms with Gasteiger partial charge in [0.05, 0.1) is 31.1 Å². The van der Waals surface area contributed by atoms with Gasteiger partial charge in [-0.05, 0) is 29.8 Å². The molecule has 1 atom stereocenters. The van der Waals surface area contributed by atoms with Crippen molar-refractivity contribution in [2.45, 2.75) is 12.6 Å². The molecule has 0 saturated carbocycles. The van der Waals surface area contributed by atoms with E-state index in [2.05, 4.69) is 32.0 Å². The topological polar surface area (TPSA) is 54.0 Å². The zero-order chi connectivity index (χ0) is 17.1. The number of aromatic nitrogens is 3. The van der Waals surface area contributed by atoms with Crippen LogP contribution in [0.5, 0.6) is 0 Å². The SMILES string of the molecule is Clc1ccc(CN2CCOCC2c2ncc(-c3cccnc3)[nH]2)cc1. The summed E-state index contributed by atoms with van der Waals surface area (Å²) in [7, 11) is 0. The average Bonchev–Trinajstić information content (AvgIpc) is 3.15. The minimum absolute atomic E-state index is 0.106. The average molecular weight is 355 g/mol. The molecule has 5 nitrogen and oxygen atoms in total. The van der Waals surface area contributed by atoms with E-state index in [-0.39, 0.29) is 6.04 Å². The molecule has 2 aromatic heterocycles. The Bertz CT molecular complexity index is 819. The van der Waals surface area contributed by atoms with Crippen molar-refractivity contribution in [3.8, 4) is 11.3 Å². The first-order chi connectivity index (χ1) is 12.3. The van der Waals surface area contributed by atoms with Crippen LogP contribution in [0.1, 0.15) is 17.4 Å². The van der Waals surface area contributed by atoms with Gasteiger partial charge in [-0.2, -0.15) is 0 Å². The Morgan fingerprint density at radius 2 is 2.08 bits per heavy atom. The normalized spacial score (nSPS) is 18.4. The van der Waals surface area contributed by atoms with Crippen LogP contribution >= 0.6 is 11.6 Å². The van der Waals surface area contributed by atoms with Crippen LogP contribution in [0, 0.1) is 0 Å². The van der Waals surface area contributed by atoms with Gasteiger partial charge < -0.3 is 9.72 Å². The molecule has 25 heavy (non-hydrogen) atoms. The Morgan fingerprint density at radius 3 is 2.88 bits per heavy atom. The smallest absolute Gasteiger partial charge is 0.126 e. The number of nitrogens with one attached hydrogen (secondary N) is 1. The fourth-order valence-corrected chi connectivity index (χ4v) is 3.20. The summed E-state index contributed by atoms with van der Waals surface area (Å²) in [5.74, 6) is 0.924. The molecule has 1 unspecified atom stereocenters.